The van der Waals surface area contributed by atoms with Gasteiger partial charge in [-0.3, -0.25) is 4.79 Å². The van der Waals surface area contributed by atoms with Gasteiger partial charge in [0.05, 0.1) is 79.7 Å². The molecule has 0 radical (unpaired) electrons. The molecule has 0 unspecified atom stereocenters. The highest BCUT2D eigenvalue weighted by Gasteiger charge is 2.62. The first kappa shape index (κ1) is 45.1. The first-order valence-corrected chi connectivity index (χ1v) is 21.2. The van der Waals surface area contributed by atoms with Crippen LogP contribution in [0.1, 0.15) is 107 Å². The van der Waals surface area contributed by atoms with E-state index in [1.807, 2.05) is 27.7 Å². The molecule has 0 aromatic rings. The maximum absolute atomic E-state index is 13.8. The van der Waals surface area contributed by atoms with Gasteiger partial charge in [0, 0.05) is 65.0 Å². The van der Waals surface area contributed by atoms with Gasteiger partial charge < -0.3 is 58.1 Å². The molecule has 320 valence electrons. The highest BCUT2D eigenvalue weighted by molar-refractivity contribution is 5.79. The Labute approximate surface area is 330 Å². The number of nitrogens with zero attached hydrogens (tertiary/aromatic N) is 1. The fraction of sp³-hybridized carbons (Fsp3) is 0.976. The van der Waals surface area contributed by atoms with E-state index in [4.69, 9.17) is 37.9 Å². The summed E-state index contributed by atoms with van der Waals surface area (Å²) in [4.78, 5) is 15.6. The monoisotopic (exact) mass is 786 g/mol. The largest absolute Gasteiger partial charge is 0.393 e. The van der Waals surface area contributed by atoms with E-state index in [1.54, 1.807) is 26.2 Å². The molecule has 0 aromatic heterocycles. The first-order valence-electron chi connectivity index (χ1n) is 21.2. The smallest absolute Gasteiger partial charge is 0.228 e. The number of carbonyl (C=O) groups is 1. The summed E-state index contributed by atoms with van der Waals surface area (Å²) in [5, 5.41) is 32.6. The van der Waals surface area contributed by atoms with Crippen LogP contribution in [-0.4, -0.2) is 146 Å². The van der Waals surface area contributed by atoms with Crippen LogP contribution in [0.5, 0.6) is 0 Å². The van der Waals surface area contributed by atoms with Gasteiger partial charge in [-0.05, 0) is 57.3 Å². The maximum atomic E-state index is 13.8. The third kappa shape index (κ3) is 8.98. The normalized spacial score (nSPS) is 45.2. The highest BCUT2D eigenvalue weighted by Crippen LogP contribution is 2.55. The zero-order valence-electron chi connectivity index (χ0n) is 35.7. The summed E-state index contributed by atoms with van der Waals surface area (Å²) in [5.74, 6) is -3.30. The second-order valence-electron chi connectivity index (χ2n) is 18.3. The molecule has 1 spiro atoms. The van der Waals surface area contributed by atoms with Gasteiger partial charge in [-0.2, -0.15) is 0 Å². The number of methoxy groups -OCH3 is 3. The summed E-state index contributed by atoms with van der Waals surface area (Å²) in [5.41, 5.74) is -1.15. The molecule has 0 aromatic carbocycles. The minimum Gasteiger partial charge on any atom is -0.393 e. The molecule has 5 rings (SSSR count). The van der Waals surface area contributed by atoms with Gasteiger partial charge in [0.1, 0.15) is 0 Å². The van der Waals surface area contributed by atoms with Crippen LogP contribution in [-0.2, 0) is 42.7 Å². The standard InChI is InChI=1S/C42H75NO12/c1-12-40(37-26(3)22-32(51-37)34-25(2)21-27(4)42(47,24-44)54-34)14-13-33(52-40)39(8)15-16-41(55-39)23-31(45)28(5)36(53-41)29(6)35(50-11)30(7)38(46)43(17-19-48-9)18-20-49-10/h25-37,44-45,47H,12-24H2,1-11H3/t25-,26-,27+,28+,29-,30-,31-,32+,33+,34-,35+,36-,37+,39-,40-,41+,42-/m0/s1. The molecule has 5 aliphatic heterocycles. The third-order valence-electron chi connectivity index (χ3n) is 14.5. The van der Waals surface area contributed by atoms with Crippen LogP contribution in [0.25, 0.3) is 0 Å². The number of ether oxygens (including phenoxy) is 8. The second-order valence-corrected chi connectivity index (χ2v) is 18.3. The van der Waals surface area contributed by atoms with E-state index in [2.05, 4.69) is 27.7 Å². The lowest BCUT2D eigenvalue weighted by atomic mass is 9.78. The van der Waals surface area contributed by atoms with Crippen LogP contribution in [0.15, 0.2) is 0 Å². The van der Waals surface area contributed by atoms with Crippen molar-refractivity contribution in [1.82, 2.24) is 4.90 Å². The average Bonchev–Trinajstić information content (AvgIpc) is 3.87. The van der Waals surface area contributed by atoms with Crippen molar-refractivity contribution >= 4 is 5.91 Å². The van der Waals surface area contributed by atoms with Crippen LogP contribution in [0.2, 0.25) is 0 Å². The van der Waals surface area contributed by atoms with Crippen molar-refractivity contribution in [3.8, 4) is 0 Å². The van der Waals surface area contributed by atoms with Crippen LogP contribution >= 0.6 is 0 Å². The summed E-state index contributed by atoms with van der Waals surface area (Å²) in [6.07, 6.45) is 3.21. The van der Waals surface area contributed by atoms with Crippen molar-refractivity contribution in [3.63, 3.8) is 0 Å². The SMILES string of the molecule is CC[C@@]1([C@@H]2O[C@@H]([C@H]3O[C@@](O)(CO)[C@H](C)C[C@@H]3C)C[C@@H]2C)CC[C@H]([C@]2(C)CC[C@]3(C[C@H](O)[C@@H](C)[C@@H]([C@@H](C)[C@@H](OC)[C@H](C)C(=O)N(CCOC)CCOC)O3)O2)O1. The van der Waals surface area contributed by atoms with Crippen LogP contribution in [0, 0.1) is 35.5 Å². The Balaban J connectivity index is 1.27. The molecule has 17 atom stereocenters. The average molecular weight is 786 g/mol. The lowest BCUT2D eigenvalue weighted by molar-refractivity contribution is -0.336. The quantitative estimate of drug-likeness (QED) is 0.204. The van der Waals surface area contributed by atoms with Crippen molar-refractivity contribution in [1.29, 1.82) is 0 Å². The number of rotatable bonds is 16. The summed E-state index contributed by atoms with van der Waals surface area (Å²) in [6, 6.07) is 0. The Kier molecular flexibility index (Phi) is 14.9. The number of amides is 1. The van der Waals surface area contributed by atoms with Gasteiger partial charge in [-0.25, -0.2) is 0 Å². The van der Waals surface area contributed by atoms with Crippen molar-refractivity contribution in [3.05, 3.63) is 0 Å². The molecule has 0 bridgehead atoms. The Morgan fingerprint density at radius 1 is 0.945 bits per heavy atom. The molecule has 5 heterocycles. The summed E-state index contributed by atoms with van der Waals surface area (Å²) in [7, 11) is 4.88. The van der Waals surface area contributed by atoms with Gasteiger partial charge in [0.15, 0.2) is 11.6 Å². The minimum absolute atomic E-state index is 0.0390. The van der Waals surface area contributed by atoms with Gasteiger partial charge in [-0.1, -0.05) is 48.5 Å². The Hall–Kier alpha value is -0.970. The number of carbonyl (C=O) groups excluding carboxylic acids is 1. The lowest BCUT2D eigenvalue weighted by Gasteiger charge is -2.49. The van der Waals surface area contributed by atoms with E-state index in [0.29, 0.717) is 45.6 Å². The third-order valence-corrected chi connectivity index (χ3v) is 14.5. The molecule has 3 N–H and O–H groups in total. The molecule has 13 nitrogen and oxygen atoms in total. The van der Waals surface area contributed by atoms with Crippen LogP contribution in [0.3, 0.4) is 0 Å². The topological polar surface area (TPSA) is 155 Å². The van der Waals surface area contributed by atoms with Crippen molar-refractivity contribution in [2.24, 2.45) is 35.5 Å². The molecule has 5 saturated heterocycles. The van der Waals surface area contributed by atoms with Crippen molar-refractivity contribution in [2.75, 3.05) is 54.2 Å². The molecule has 0 aliphatic carbocycles. The van der Waals surface area contributed by atoms with Crippen LogP contribution < -0.4 is 0 Å². The van der Waals surface area contributed by atoms with Crippen molar-refractivity contribution in [2.45, 2.75) is 172 Å². The minimum atomic E-state index is -1.57. The lowest BCUT2D eigenvalue weighted by Crippen LogP contribution is -2.57. The van der Waals surface area contributed by atoms with E-state index in [1.165, 1.54) is 0 Å². The molecular weight excluding hydrogens is 710 g/mol. The fourth-order valence-electron chi connectivity index (χ4n) is 10.9. The molecule has 13 heteroatoms. The predicted molar refractivity (Wildman–Crippen MR) is 205 cm³/mol. The van der Waals surface area contributed by atoms with E-state index in [0.717, 1.165) is 32.1 Å². The molecule has 1 amide bonds. The number of hydrogen-bond acceptors (Lipinski definition) is 12. The summed E-state index contributed by atoms with van der Waals surface area (Å²) >= 11 is 0. The number of aliphatic hydroxyl groups is 3. The van der Waals surface area contributed by atoms with Gasteiger partial charge in [-0.15, -0.1) is 0 Å². The predicted octanol–water partition coefficient (Wildman–Crippen LogP) is 4.31. The molecule has 0 saturated carbocycles. The van der Waals surface area contributed by atoms with Gasteiger partial charge in [0.2, 0.25) is 5.91 Å². The summed E-state index contributed by atoms with van der Waals surface area (Å²) < 4.78 is 50.9. The first-order chi connectivity index (χ1) is 26.0. The van der Waals surface area contributed by atoms with E-state index < -0.39 is 53.6 Å². The highest BCUT2D eigenvalue weighted by atomic mass is 16.7. The number of aliphatic hydroxyl groups excluding tert-OH is 2. The molecule has 55 heavy (non-hydrogen) atoms. The Morgan fingerprint density at radius 3 is 2.22 bits per heavy atom. The molecule has 5 aliphatic rings. The Bertz CT molecular complexity index is 1250. The van der Waals surface area contributed by atoms with Gasteiger partial charge >= 0.3 is 0 Å². The van der Waals surface area contributed by atoms with Gasteiger partial charge in [0.25, 0.3) is 0 Å². The van der Waals surface area contributed by atoms with E-state index in [-0.39, 0.29) is 59.9 Å². The van der Waals surface area contributed by atoms with Crippen LogP contribution in [0.4, 0.5) is 0 Å². The summed E-state index contributed by atoms with van der Waals surface area (Å²) in [6.45, 7) is 17.8. The maximum Gasteiger partial charge on any atom is 0.228 e. The molecule has 5 fully saturated rings. The van der Waals surface area contributed by atoms with E-state index in [9.17, 15) is 20.1 Å². The zero-order chi connectivity index (χ0) is 40.5. The van der Waals surface area contributed by atoms with Crippen molar-refractivity contribution < 1.29 is 58.0 Å². The second kappa shape index (κ2) is 18.1. The van der Waals surface area contributed by atoms with E-state index >= 15 is 0 Å². The Morgan fingerprint density at radius 2 is 1.62 bits per heavy atom. The fourth-order valence-corrected chi connectivity index (χ4v) is 10.9. The zero-order valence-corrected chi connectivity index (χ0v) is 35.7. The number of hydrogen-bond donors (Lipinski definition) is 3. The molecular formula is C42H75NO12.